The van der Waals surface area contributed by atoms with Gasteiger partial charge in [-0.25, -0.2) is 13.1 Å². The van der Waals surface area contributed by atoms with Crippen molar-refractivity contribution in [3.63, 3.8) is 0 Å². The highest BCUT2D eigenvalue weighted by Gasteiger charge is 2.20. The van der Waals surface area contributed by atoms with Crippen LogP contribution in [0.25, 0.3) is 10.8 Å². The Morgan fingerprint density at radius 2 is 2.07 bits per heavy atom. The fraction of sp³-hybridized carbons (Fsp3) is 0.111. The molecule has 138 valence electrons. The van der Waals surface area contributed by atoms with Gasteiger partial charge in [0.1, 0.15) is 4.91 Å². The summed E-state index contributed by atoms with van der Waals surface area (Å²) in [5, 5.41) is 12.0. The maximum Gasteiger partial charge on any atom is 0.274 e. The van der Waals surface area contributed by atoms with Crippen molar-refractivity contribution < 1.29 is 8.42 Å². The molecule has 0 spiro atoms. The Morgan fingerprint density at radius 1 is 1.30 bits per heavy atom. The standard InChI is InChI=1S/C18H17N5O3S/c1-12-3-2-4-14(22-12)11-23-18(24)17-6-5-15(7-13(17)10-21-23)27(25,26)16(8-19)9-20/h2-10,19H,11,20H2,1H3/b16-9+,19-8?. The topological polar surface area (TPSA) is 132 Å². The third kappa shape index (κ3) is 3.49. The van der Waals surface area contributed by atoms with Crippen molar-refractivity contribution in [2.24, 2.45) is 5.73 Å². The molecule has 0 aliphatic rings. The zero-order chi connectivity index (χ0) is 19.6. The van der Waals surface area contributed by atoms with Crippen molar-refractivity contribution in [2.45, 2.75) is 18.4 Å². The number of nitrogens with one attached hydrogen (secondary N) is 1. The number of benzene rings is 1. The lowest BCUT2D eigenvalue weighted by molar-refractivity contribution is 0.603. The van der Waals surface area contributed by atoms with Gasteiger partial charge >= 0.3 is 0 Å². The van der Waals surface area contributed by atoms with E-state index in [4.69, 9.17) is 11.1 Å². The number of nitrogens with two attached hydrogens (primary N) is 1. The molecule has 1 aromatic carbocycles. The lowest BCUT2D eigenvalue weighted by atomic mass is 10.2. The molecule has 0 saturated carbocycles. The Balaban J connectivity index is 2.06. The van der Waals surface area contributed by atoms with Gasteiger partial charge in [-0.2, -0.15) is 5.10 Å². The van der Waals surface area contributed by atoms with Crippen molar-refractivity contribution in [3.8, 4) is 0 Å². The number of sulfone groups is 1. The van der Waals surface area contributed by atoms with Crippen LogP contribution in [0, 0.1) is 12.3 Å². The van der Waals surface area contributed by atoms with Gasteiger partial charge in [-0.1, -0.05) is 6.07 Å². The van der Waals surface area contributed by atoms with Gasteiger partial charge in [-0.05, 0) is 37.3 Å². The smallest absolute Gasteiger partial charge is 0.274 e. The van der Waals surface area contributed by atoms with Gasteiger partial charge in [0.25, 0.3) is 5.56 Å². The summed E-state index contributed by atoms with van der Waals surface area (Å²) in [6, 6.07) is 9.62. The van der Waals surface area contributed by atoms with Crippen LogP contribution in [0.2, 0.25) is 0 Å². The summed E-state index contributed by atoms with van der Waals surface area (Å²) in [7, 11) is -3.92. The molecule has 0 radical (unpaired) electrons. The highest BCUT2D eigenvalue weighted by atomic mass is 32.2. The quantitative estimate of drug-likeness (QED) is 0.640. The minimum atomic E-state index is -3.92. The number of nitrogens with zero attached hydrogens (tertiary/aromatic N) is 3. The third-order valence-corrected chi connectivity index (χ3v) is 5.76. The maximum absolute atomic E-state index is 12.7. The zero-order valence-electron chi connectivity index (χ0n) is 14.5. The second kappa shape index (κ2) is 7.12. The van der Waals surface area contributed by atoms with E-state index >= 15 is 0 Å². The molecule has 3 aromatic rings. The van der Waals surface area contributed by atoms with Crippen LogP contribution in [-0.2, 0) is 16.4 Å². The SMILES string of the molecule is Cc1cccc(Cn2ncc3cc(S(=O)(=O)/C(C=N)=C/N)ccc3c2=O)n1. The van der Waals surface area contributed by atoms with Crippen LogP contribution < -0.4 is 11.3 Å². The van der Waals surface area contributed by atoms with Gasteiger partial charge in [0, 0.05) is 23.5 Å². The Labute approximate surface area is 155 Å². The van der Waals surface area contributed by atoms with Crippen LogP contribution in [-0.4, -0.2) is 29.4 Å². The van der Waals surface area contributed by atoms with E-state index < -0.39 is 9.84 Å². The normalized spacial score (nSPS) is 12.3. The Kier molecular flexibility index (Phi) is 4.87. The third-order valence-electron chi connectivity index (χ3n) is 4.01. The van der Waals surface area contributed by atoms with E-state index in [-0.39, 0.29) is 21.9 Å². The van der Waals surface area contributed by atoms with Gasteiger partial charge < -0.3 is 11.1 Å². The summed E-state index contributed by atoms with van der Waals surface area (Å²) in [4.78, 5) is 16.7. The Bertz CT molecular complexity index is 1230. The van der Waals surface area contributed by atoms with E-state index in [0.717, 1.165) is 11.9 Å². The van der Waals surface area contributed by atoms with E-state index in [1.54, 1.807) is 6.07 Å². The molecule has 2 aromatic heterocycles. The van der Waals surface area contributed by atoms with Gasteiger partial charge in [-0.15, -0.1) is 0 Å². The zero-order valence-corrected chi connectivity index (χ0v) is 15.3. The molecular formula is C18H17N5O3S. The molecule has 8 nitrogen and oxygen atoms in total. The number of pyridine rings is 1. The molecule has 0 unspecified atom stereocenters. The minimum Gasteiger partial charge on any atom is -0.403 e. The molecule has 0 bridgehead atoms. The van der Waals surface area contributed by atoms with Crippen LogP contribution in [0.3, 0.4) is 0 Å². The average Bonchev–Trinajstić information content (AvgIpc) is 2.64. The van der Waals surface area contributed by atoms with Gasteiger partial charge in [0.2, 0.25) is 9.84 Å². The molecule has 0 aliphatic heterocycles. The lowest BCUT2D eigenvalue weighted by Gasteiger charge is -2.08. The van der Waals surface area contributed by atoms with Crippen LogP contribution in [0.4, 0.5) is 0 Å². The van der Waals surface area contributed by atoms with Crippen molar-refractivity contribution in [3.05, 3.63) is 75.4 Å². The lowest BCUT2D eigenvalue weighted by Crippen LogP contribution is -2.24. The first kappa shape index (κ1) is 18.5. The predicted molar refractivity (Wildman–Crippen MR) is 102 cm³/mol. The molecule has 0 amide bonds. The van der Waals surface area contributed by atoms with E-state index in [9.17, 15) is 13.2 Å². The summed E-state index contributed by atoms with van der Waals surface area (Å²) in [6.07, 6.45) is 2.96. The van der Waals surface area contributed by atoms with Crippen molar-refractivity contribution in [1.29, 1.82) is 5.41 Å². The summed E-state index contributed by atoms with van der Waals surface area (Å²) in [6.45, 7) is 2.07. The second-order valence-electron chi connectivity index (χ2n) is 5.84. The van der Waals surface area contributed by atoms with Crippen LogP contribution in [0.15, 0.2) is 63.4 Å². The van der Waals surface area contributed by atoms with Crippen LogP contribution in [0.5, 0.6) is 0 Å². The summed E-state index contributed by atoms with van der Waals surface area (Å²) < 4.78 is 26.2. The monoisotopic (exact) mass is 383 g/mol. The molecule has 0 aliphatic carbocycles. The molecule has 0 atom stereocenters. The Morgan fingerprint density at radius 3 is 2.74 bits per heavy atom. The van der Waals surface area contributed by atoms with E-state index in [1.807, 2.05) is 19.1 Å². The van der Waals surface area contributed by atoms with Gasteiger partial charge in [0.05, 0.1) is 28.7 Å². The number of fused-ring (bicyclic) bond motifs is 1. The molecular weight excluding hydrogens is 366 g/mol. The summed E-state index contributed by atoms with van der Waals surface area (Å²) in [5.74, 6) is 0. The van der Waals surface area contributed by atoms with E-state index in [0.29, 0.717) is 22.7 Å². The fourth-order valence-corrected chi connectivity index (χ4v) is 3.77. The van der Waals surface area contributed by atoms with Crippen molar-refractivity contribution >= 4 is 26.8 Å². The average molecular weight is 383 g/mol. The predicted octanol–water partition coefficient (Wildman–Crippen LogP) is 1.37. The molecule has 27 heavy (non-hydrogen) atoms. The van der Waals surface area contributed by atoms with E-state index in [2.05, 4.69) is 10.1 Å². The Hall–Kier alpha value is -3.33. The highest BCUT2D eigenvalue weighted by Crippen LogP contribution is 2.21. The number of aryl methyl sites for hydroxylation is 1. The molecule has 2 heterocycles. The van der Waals surface area contributed by atoms with Crippen LogP contribution >= 0.6 is 0 Å². The first-order valence-corrected chi connectivity index (χ1v) is 9.45. The van der Waals surface area contributed by atoms with Crippen molar-refractivity contribution in [1.82, 2.24) is 14.8 Å². The fourth-order valence-electron chi connectivity index (χ4n) is 2.64. The number of rotatable bonds is 5. The molecule has 3 N–H and O–H groups in total. The molecule has 9 heteroatoms. The largest absolute Gasteiger partial charge is 0.403 e. The van der Waals surface area contributed by atoms with Gasteiger partial charge in [-0.3, -0.25) is 9.78 Å². The van der Waals surface area contributed by atoms with Crippen molar-refractivity contribution in [2.75, 3.05) is 0 Å². The highest BCUT2D eigenvalue weighted by molar-refractivity contribution is 7.96. The molecule has 3 rings (SSSR count). The number of hydrogen-bond donors (Lipinski definition) is 2. The van der Waals surface area contributed by atoms with Gasteiger partial charge in [0.15, 0.2) is 0 Å². The molecule has 0 saturated heterocycles. The number of allylic oxidation sites excluding steroid dienone is 1. The number of hydrogen-bond acceptors (Lipinski definition) is 7. The van der Waals surface area contributed by atoms with E-state index in [1.165, 1.54) is 29.1 Å². The molecule has 0 fully saturated rings. The first-order chi connectivity index (χ1) is 12.9. The number of aromatic nitrogens is 3. The minimum absolute atomic E-state index is 0.0606. The second-order valence-corrected chi connectivity index (χ2v) is 7.79. The first-order valence-electron chi connectivity index (χ1n) is 7.96. The summed E-state index contributed by atoms with van der Waals surface area (Å²) >= 11 is 0. The maximum atomic E-state index is 12.7. The summed E-state index contributed by atoms with van der Waals surface area (Å²) in [5.41, 5.74) is 6.48. The van der Waals surface area contributed by atoms with Crippen LogP contribution in [0.1, 0.15) is 11.4 Å².